The summed E-state index contributed by atoms with van der Waals surface area (Å²) in [6, 6.07) is 16.4. The van der Waals surface area contributed by atoms with Crippen LogP contribution in [-0.4, -0.2) is 42.5 Å². The van der Waals surface area contributed by atoms with E-state index in [1.165, 1.54) is 17.7 Å². The van der Waals surface area contributed by atoms with Crippen LogP contribution in [0.25, 0.3) is 0 Å². The first kappa shape index (κ1) is 20.9. The summed E-state index contributed by atoms with van der Waals surface area (Å²) < 4.78 is 13.1. The standard InChI is InChI=1S/C22H30FN3O/c1-5-26(6-2)21(19-10-8-7-9-11-19)16-24-22(27)25(4)17(3)18-12-14-20(23)15-13-18/h7-15,17,21H,5-6,16H2,1-4H3,(H,24,27). The molecule has 0 aromatic heterocycles. The number of halogens is 1. The second kappa shape index (κ2) is 10.1. The highest BCUT2D eigenvalue weighted by atomic mass is 19.1. The average Bonchev–Trinajstić information content (AvgIpc) is 2.71. The van der Waals surface area contributed by atoms with E-state index in [0.29, 0.717) is 6.54 Å². The van der Waals surface area contributed by atoms with Crippen molar-refractivity contribution in [2.45, 2.75) is 32.9 Å². The molecule has 0 bridgehead atoms. The Labute approximate surface area is 162 Å². The maximum absolute atomic E-state index is 13.1. The molecule has 0 heterocycles. The zero-order valence-electron chi connectivity index (χ0n) is 16.7. The molecule has 0 fully saturated rings. The van der Waals surface area contributed by atoms with E-state index in [-0.39, 0.29) is 23.9 Å². The third-order valence-electron chi connectivity index (χ3n) is 5.14. The number of nitrogens with zero attached hydrogens (tertiary/aromatic N) is 2. The molecule has 2 atom stereocenters. The Morgan fingerprint density at radius 1 is 1.00 bits per heavy atom. The van der Waals surface area contributed by atoms with Crippen LogP contribution in [0.2, 0.25) is 0 Å². The zero-order chi connectivity index (χ0) is 19.8. The van der Waals surface area contributed by atoms with E-state index in [9.17, 15) is 9.18 Å². The van der Waals surface area contributed by atoms with Gasteiger partial charge in [0.15, 0.2) is 0 Å². The maximum atomic E-state index is 13.1. The van der Waals surface area contributed by atoms with Crippen molar-refractivity contribution in [2.24, 2.45) is 0 Å². The molecule has 2 aromatic carbocycles. The Hall–Kier alpha value is -2.40. The van der Waals surface area contributed by atoms with Gasteiger partial charge in [0.05, 0.1) is 12.1 Å². The minimum absolute atomic E-state index is 0.125. The van der Waals surface area contributed by atoms with Crippen LogP contribution < -0.4 is 5.32 Å². The molecule has 0 aliphatic heterocycles. The van der Waals surface area contributed by atoms with Crippen molar-refractivity contribution in [3.05, 3.63) is 71.5 Å². The van der Waals surface area contributed by atoms with Crippen molar-refractivity contribution in [3.63, 3.8) is 0 Å². The summed E-state index contributed by atoms with van der Waals surface area (Å²) in [5, 5.41) is 3.06. The topological polar surface area (TPSA) is 35.6 Å². The molecule has 5 heteroatoms. The zero-order valence-corrected chi connectivity index (χ0v) is 16.7. The quantitative estimate of drug-likeness (QED) is 0.735. The van der Waals surface area contributed by atoms with Gasteiger partial charge in [-0.05, 0) is 43.3 Å². The van der Waals surface area contributed by atoms with Gasteiger partial charge in [-0.3, -0.25) is 4.90 Å². The van der Waals surface area contributed by atoms with Gasteiger partial charge in [-0.2, -0.15) is 0 Å². The van der Waals surface area contributed by atoms with Gasteiger partial charge in [0.25, 0.3) is 0 Å². The average molecular weight is 372 g/mol. The van der Waals surface area contributed by atoms with Crippen molar-refractivity contribution in [3.8, 4) is 0 Å². The first-order valence-corrected chi connectivity index (χ1v) is 9.53. The third-order valence-corrected chi connectivity index (χ3v) is 5.14. The normalized spacial score (nSPS) is 13.3. The van der Waals surface area contributed by atoms with Crippen LogP contribution in [0.4, 0.5) is 9.18 Å². The molecule has 146 valence electrons. The molecule has 2 rings (SSSR count). The van der Waals surface area contributed by atoms with E-state index in [2.05, 4.69) is 36.2 Å². The molecule has 0 aliphatic carbocycles. The molecule has 0 aliphatic rings. The van der Waals surface area contributed by atoms with Gasteiger partial charge in [0.2, 0.25) is 0 Å². The Bertz CT molecular complexity index is 701. The van der Waals surface area contributed by atoms with Gasteiger partial charge < -0.3 is 10.2 Å². The lowest BCUT2D eigenvalue weighted by atomic mass is 10.1. The molecular weight excluding hydrogens is 341 g/mol. The van der Waals surface area contributed by atoms with Gasteiger partial charge in [0.1, 0.15) is 5.82 Å². The van der Waals surface area contributed by atoms with Crippen LogP contribution in [0.3, 0.4) is 0 Å². The fourth-order valence-corrected chi connectivity index (χ4v) is 3.25. The lowest BCUT2D eigenvalue weighted by Crippen LogP contribution is -2.43. The van der Waals surface area contributed by atoms with Crippen LogP contribution in [-0.2, 0) is 0 Å². The fourth-order valence-electron chi connectivity index (χ4n) is 3.25. The number of nitrogens with one attached hydrogen (secondary N) is 1. The molecule has 0 spiro atoms. The second-order valence-corrected chi connectivity index (χ2v) is 6.67. The molecule has 1 N–H and O–H groups in total. The highest BCUT2D eigenvalue weighted by Gasteiger charge is 2.21. The van der Waals surface area contributed by atoms with Crippen LogP contribution in [0.15, 0.2) is 54.6 Å². The van der Waals surface area contributed by atoms with E-state index < -0.39 is 0 Å². The lowest BCUT2D eigenvalue weighted by molar-refractivity contribution is 0.180. The summed E-state index contributed by atoms with van der Waals surface area (Å²) >= 11 is 0. The Morgan fingerprint density at radius 2 is 1.59 bits per heavy atom. The predicted molar refractivity (Wildman–Crippen MR) is 108 cm³/mol. The molecule has 2 amide bonds. The van der Waals surface area contributed by atoms with Gasteiger partial charge >= 0.3 is 6.03 Å². The fraction of sp³-hybridized carbons (Fsp3) is 0.409. The van der Waals surface area contributed by atoms with E-state index >= 15 is 0 Å². The number of hydrogen-bond acceptors (Lipinski definition) is 2. The maximum Gasteiger partial charge on any atom is 0.317 e. The number of carbonyl (C=O) groups excluding carboxylic acids is 1. The molecule has 0 radical (unpaired) electrons. The molecule has 2 aromatic rings. The number of rotatable bonds is 8. The molecule has 0 saturated carbocycles. The smallest absolute Gasteiger partial charge is 0.317 e. The lowest BCUT2D eigenvalue weighted by Gasteiger charge is -2.32. The van der Waals surface area contributed by atoms with Gasteiger partial charge in [0, 0.05) is 13.6 Å². The largest absolute Gasteiger partial charge is 0.336 e. The SMILES string of the molecule is CCN(CC)C(CNC(=O)N(C)C(C)c1ccc(F)cc1)c1ccccc1. The van der Waals surface area contributed by atoms with Gasteiger partial charge in [-0.15, -0.1) is 0 Å². The number of benzene rings is 2. The number of amides is 2. The van der Waals surface area contributed by atoms with E-state index in [1.54, 1.807) is 24.1 Å². The second-order valence-electron chi connectivity index (χ2n) is 6.67. The van der Waals surface area contributed by atoms with Crippen molar-refractivity contribution in [1.82, 2.24) is 15.1 Å². The molecule has 2 unspecified atom stereocenters. The Balaban J connectivity index is 2.04. The summed E-state index contributed by atoms with van der Waals surface area (Å²) in [7, 11) is 1.76. The summed E-state index contributed by atoms with van der Waals surface area (Å²) in [5.41, 5.74) is 2.09. The molecule has 0 saturated heterocycles. The van der Waals surface area contributed by atoms with E-state index in [1.807, 2.05) is 25.1 Å². The highest BCUT2D eigenvalue weighted by molar-refractivity contribution is 5.74. The van der Waals surface area contributed by atoms with Crippen molar-refractivity contribution in [2.75, 3.05) is 26.7 Å². The number of hydrogen-bond donors (Lipinski definition) is 1. The number of urea groups is 1. The van der Waals surface area contributed by atoms with Crippen molar-refractivity contribution >= 4 is 6.03 Å². The highest BCUT2D eigenvalue weighted by Crippen LogP contribution is 2.21. The molecular formula is C22H30FN3O. The predicted octanol–water partition coefficient (Wildman–Crippen LogP) is 4.61. The van der Waals surface area contributed by atoms with Crippen molar-refractivity contribution in [1.29, 1.82) is 0 Å². The van der Waals surface area contributed by atoms with E-state index in [4.69, 9.17) is 0 Å². The minimum atomic E-state index is -0.275. The first-order valence-electron chi connectivity index (χ1n) is 9.53. The summed E-state index contributed by atoms with van der Waals surface area (Å²) in [6.45, 7) is 8.55. The van der Waals surface area contributed by atoms with Crippen LogP contribution >= 0.6 is 0 Å². The summed E-state index contributed by atoms with van der Waals surface area (Å²) in [6.07, 6.45) is 0. The summed E-state index contributed by atoms with van der Waals surface area (Å²) in [4.78, 5) is 16.7. The minimum Gasteiger partial charge on any atom is -0.336 e. The van der Waals surface area contributed by atoms with Gasteiger partial charge in [-0.25, -0.2) is 9.18 Å². The van der Waals surface area contributed by atoms with Crippen LogP contribution in [0.1, 0.15) is 44.0 Å². The monoisotopic (exact) mass is 371 g/mol. The third kappa shape index (κ3) is 5.54. The van der Waals surface area contributed by atoms with Crippen molar-refractivity contribution < 1.29 is 9.18 Å². The van der Waals surface area contributed by atoms with E-state index in [0.717, 1.165) is 18.7 Å². The first-order chi connectivity index (χ1) is 13.0. The molecule has 27 heavy (non-hydrogen) atoms. The summed E-state index contributed by atoms with van der Waals surface area (Å²) in [5.74, 6) is -0.275. The van der Waals surface area contributed by atoms with Gasteiger partial charge in [-0.1, -0.05) is 56.3 Å². The van der Waals surface area contributed by atoms with Crippen LogP contribution in [0.5, 0.6) is 0 Å². The number of carbonyl (C=O) groups is 1. The Kier molecular flexibility index (Phi) is 7.80. The molecule has 4 nitrogen and oxygen atoms in total. The number of likely N-dealkylation sites (N-methyl/N-ethyl adjacent to an activating group) is 1. The van der Waals surface area contributed by atoms with Crippen LogP contribution in [0, 0.1) is 5.82 Å². The Morgan fingerprint density at radius 3 is 2.15 bits per heavy atom.